The average molecular weight is 324 g/mol. The van der Waals surface area contributed by atoms with Gasteiger partial charge in [0.15, 0.2) is 0 Å². The van der Waals surface area contributed by atoms with E-state index in [1.165, 1.54) is 0 Å². The number of hydrogen-bond donors (Lipinski definition) is 1. The third-order valence-electron chi connectivity index (χ3n) is 3.56. The first-order valence-corrected chi connectivity index (χ1v) is 7.67. The molecule has 0 fully saturated rings. The van der Waals surface area contributed by atoms with Crippen molar-refractivity contribution in [2.45, 2.75) is 6.54 Å². The highest BCUT2D eigenvalue weighted by Crippen LogP contribution is 2.15. The molecule has 122 valence electrons. The number of hydrogen-bond acceptors (Lipinski definition) is 3. The molecule has 24 heavy (non-hydrogen) atoms. The number of carbonyl (C=O) groups is 1. The molecule has 1 aromatic heterocycles. The van der Waals surface area contributed by atoms with Crippen molar-refractivity contribution in [2.24, 2.45) is 0 Å². The number of aromatic nitrogens is 1. The van der Waals surface area contributed by atoms with Crippen molar-refractivity contribution in [2.75, 3.05) is 13.3 Å². The lowest BCUT2D eigenvalue weighted by Crippen LogP contribution is -2.22. The van der Waals surface area contributed by atoms with Crippen LogP contribution in [0.3, 0.4) is 0 Å². The molecule has 0 spiro atoms. The smallest absolute Gasteiger partial charge is 0.251 e. The number of amides is 1. The zero-order valence-electron chi connectivity index (χ0n) is 13.0. The molecule has 1 heterocycles. The second-order valence-corrected chi connectivity index (χ2v) is 5.28. The summed E-state index contributed by atoms with van der Waals surface area (Å²) in [4.78, 5) is 16.5. The summed E-state index contributed by atoms with van der Waals surface area (Å²) in [7, 11) is 0. The van der Waals surface area contributed by atoms with Crippen LogP contribution in [0.15, 0.2) is 60.8 Å². The molecule has 0 atom stereocenters. The fourth-order valence-electron chi connectivity index (χ4n) is 2.40. The molecule has 0 radical (unpaired) electrons. The monoisotopic (exact) mass is 324 g/mol. The van der Waals surface area contributed by atoms with Gasteiger partial charge in [-0.1, -0.05) is 18.2 Å². The minimum atomic E-state index is -0.530. The molecule has 3 aromatic rings. The lowest BCUT2D eigenvalue weighted by Gasteiger charge is -2.08. The first-order chi connectivity index (χ1) is 11.8. The van der Waals surface area contributed by atoms with Crippen molar-refractivity contribution in [1.29, 1.82) is 0 Å². The van der Waals surface area contributed by atoms with Gasteiger partial charge in [0.2, 0.25) is 0 Å². The van der Waals surface area contributed by atoms with Gasteiger partial charge in [-0.3, -0.25) is 9.78 Å². The van der Waals surface area contributed by atoms with Gasteiger partial charge in [0.25, 0.3) is 5.91 Å². The molecular weight excluding hydrogens is 307 g/mol. The number of pyridine rings is 1. The van der Waals surface area contributed by atoms with Gasteiger partial charge in [-0.25, -0.2) is 4.39 Å². The molecule has 0 saturated carbocycles. The Balaban J connectivity index is 1.66. The Morgan fingerprint density at radius 2 is 2.04 bits per heavy atom. The molecule has 0 bridgehead atoms. The van der Waals surface area contributed by atoms with Gasteiger partial charge in [0.05, 0.1) is 5.52 Å². The summed E-state index contributed by atoms with van der Waals surface area (Å²) < 4.78 is 17.4. The lowest BCUT2D eigenvalue weighted by molar-refractivity contribution is 0.0951. The van der Waals surface area contributed by atoms with Crippen LogP contribution < -0.4 is 10.1 Å². The normalized spacial score (nSPS) is 10.5. The van der Waals surface area contributed by atoms with Crippen LogP contribution in [0.2, 0.25) is 0 Å². The van der Waals surface area contributed by atoms with E-state index < -0.39 is 6.67 Å². The van der Waals surface area contributed by atoms with Gasteiger partial charge in [-0.2, -0.15) is 0 Å². The molecular formula is C19H17FN2O2. The minimum absolute atomic E-state index is 0.0287. The van der Waals surface area contributed by atoms with E-state index in [4.69, 9.17) is 4.74 Å². The van der Waals surface area contributed by atoms with Gasteiger partial charge in [-0.05, 0) is 42.0 Å². The zero-order valence-corrected chi connectivity index (χ0v) is 13.0. The van der Waals surface area contributed by atoms with E-state index >= 15 is 0 Å². The van der Waals surface area contributed by atoms with Crippen LogP contribution in [0.4, 0.5) is 4.39 Å². The number of halogens is 1. The van der Waals surface area contributed by atoms with Crippen LogP contribution >= 0.6 is 0 Å². The lowest BCUT2D eigenvalue weighted by atomic mass is 10.1. The average Bonchev–Trinajstić information content (AvgIpc) is 2.64. The SMILES string of the molecule is O=C(NCc1cccc(OCCF)c1)c1ccc2ncccc2c1. The summed E-state index contributed by atoms with van der Waals surface area (Å²) in [6.07, 6.45) is 1.72. The van der Waals surface area contributed by atoms with Crippen molar-refractivity contribution in [3.8, 4) is 5.75 Å². The van der Waals surface area contributed by atoms with Crippen LogP contribution in [-0.4, -0.2) is 24.2 Å². The van der Waals surface area contributed by atoms with Crippen molar-refractivity contribution in [3.05, 3.63) is 71.9 Å². The molecule has 0 aliphatic carbocycles. The predicted molar refractivity (Wildman–Crippen MR) is 90.8 cm³/mol. The van der Waals surface area contributed by atoms with E-state index in [2.05, 4.69) is 10.3 Å². The van der Waals surface area contributed by atoms with Crippen LogP contribution in [-0.2, 0) is 6.54 Å². The number of nitrogens with one attached hydrogen (secondary N) is 1. The Morgan fingerprint density at radius 3 is 2.92 bits per heavy atom. The molecule has 0 unspecified atom stereocenters. The number of rotatable bonds is 6. The maximum absolute atomic E-state index is 12.3. The standard InChI is InChI=1S/C19H17FN2O2/c20-8-10-24-17-5-1-3-14(11-17)13-22-19(23)16-6-7-18-15(12-16)4-2-9-21-18/h1-7,9,11-12H,8,10,13H2,(H,22,23). The van der Waals surface area contributed by atoms with E-state index in [1.807, 2.05) is 36.4 Å². The first kappa shape index (κ1) is 15.9. The molecule has 0 aliphatic heterocycles. The molecule has 3 rings (SSSR count). The number of carbonyl (C=O) groups excluding carboxylic acids is 1. The summed E-state index contributed by atoms with van der Waals surface area (Å²) >= 11 is 0. The Kier molecular flexibility index (Phi) is 5.01. The summed E-state index contributed by atoms with van der Waals surface area (Å²) in [5.74, 6) is 0.437. The van der Waals surface area contributed by atoms with Gasteiger partial charge >= 0.3 is 0 Å². The van der Waals surface area contributed by atoms with Crippen LogP contribution in [0.25, 0.3) is 10.9 Å². The molecule has 5 heteroatoms. The minimum Gasteiger partial charge on any atom is -0.491 e. The van der Waals surface area contributed by atoms with Crippen molar-refractivity contribution in [3.63, 3.8) is 0 Å². The first-order valence-electron chi connectivity index (χ1n) is 7.67. The van der Waals surface area contributed by atoms with Crippen LogP contribution in [0.5, 0.6) is 5.75 Å². The molecule has 1 amide bonds. The van der Waals surface area contributed by atoms with Crippen molar-refractivity contribution in [1.82, 2.24) is 10.3 Å². The highest BCUT2D eigenvalue weighted by molar-refractivity contribution is 5.97. The predicted octanol–water partition coefficient (Wildman–Crippen LogP) is 3.51. The molecule has 0 saturated heterocycles. The fraction of sp³-hybridized carbons (Fsp3) is 0.158. The summed E-state index contributed by atoms with van der Waals surface area (Å²) in [6.45, 7) is -0.130. The topological polar surface area (TPSA) is 51.2 Å². The summed E-state index contributed by atoms with van der Waals surface area (Å²) in [6, 6.07) is 16.4. The zero-order chi connectivity index (χ0) is 16.8. The third-order valence-corrected chi connectivity index (χ3v) is 3.56. The number of alkyl halides is 1. The molecule has 2 aromatic carbocycles. The second kappa shape index (κ2) is 7.55. The van der Waals surface area contributed by atoms with Gasteiger partial charge < -0.3 is 10.1 Å². The Labute approximate surface area is 139 Å². The van der Waals surface area contributed by atoms with E-state index in [0.717, 1.165) is 16.5 Å². The van der Waals surface area contributed by atoms with E-state index in [-0.39, 0.29) is 12.5 Å². The number of ether oxygens (including phenoxy) is 1. The highest BCUT2D eigenvalue weighted by Gasteiger charge is 2.07. The fourth-order valence-corrected chi connectivity index (χ4v) is 2.40. The summed E-state index contributed by atoms with van der Waals surface area (Å²) in [5, 5.41) is 3.80. The number of nitrogens with zero attached hydrogens (tertiary/aromatic N) is 1. The van der Waals surface area contributed by atoms with Crippen LogP contribution in [0, 0.1) is 0 Å². The molecule has 0 aliphatic rings. The van der Waals surface area contributed by atoms with Gasteiger partial charge in [0, 0.05) is 23.7 Å². The van der Waals surface area contributed by atoms with E-state index in [0.29, 0.717) is 17.9 Å². The largest absolute Gasteiger partial charge is 0.491 e. The van der Waals surface area contributed by atoms with Crippen molar-refractivity contribution >= 4 is 16.8 Å². The van der Waals surface area contributed by atoms with E-state index in [9.17, 15) is 9.18 Å². The third kappa shape index (κ3) is 3.87. The number of benzene rings is 2. The Morgan fingerprint density at radius 1 is 1.12 bits per heavy atom. The van der Waals surface area contributed by atoms with E-state index in [1.54, 1.807) is 24.4 Å². The van der Waals surface area contributed by atoms with Crippen LogP contribution in [0.1, 0.15) is 15.9 Å². The van der Waals surface area contributed by atoms with Gasteiger partial charge in [-0.15, -0.1) is 0 Å². The maximum atomic E-state index is 12.3. The molecule has 1 N–H and O–H groups in total. The summed E-state index contributed by atoms with van der Waals surface area (Å²) in [5.41, 5.74) is 2.33. The van der Waals surface area contributed by atoms with Gasteiger partial charge in [0.1, 0.15) is 19.0 Å². The second-order valence-electron chi connectivity index (χ2n) is 5.28. The maximum Gasteiger partial charge on any atom is 0.251 e. The Hall–Kier alpha value is -2.95. The molecule has 4 nitrogen and oxygen atoms in total. The Bertz CT molecular complexity index is 851. The number of fused-ring (bicyclic) bond motifs is 1. The van der Waals surface area contributed by atoms with Crippen molar-refractivity contribution < 1.29 is 13.9 Å². The highest BCUT2D eigenvalue weighted by atomic mass is 19.1. The quantitative estimate of drug-likeness (QED) is 0.755.